The molecule has 0 amide bonds. The smallest absolute Gasteiger partial charge is 0.154 e. The summed E-state index contributed by atoms with van der Waals surface area (Å²) in [5.74, 6) is 1.31. The Morgan fingerprint density at radius 2 is 2.21 bits per heavy atom. The molecule has 0 aliphatic carbocycles. The zero-order chi connectivity index (χ0) is 10.3. The van der Waals surface area contributed by atoms with Gasteiger partial charge < -0.3 is 10.6 Å². The molecule has 0 aromatic heterocycles. The number of fused-ring (bicyclic) bond motifs is 1. The Morgan fingerprint density at radius 3 is 2.86 bits per heavy atom. The molecule has 2 rings (SSSR count). The van der Waals surface area contributed by atoms with Crippen LogP contribution in [0.3, 0.4) is 0 Å². The third-order valence-electron chi connectivity index (χ3n) is 2.46. The van der Waals surface area contributed by atoms with Crippen molar-refractivity contribution >= 4 is 18.0 Å². The van der Waals surface area contributed by atoms with Crippen molar-refractivity contribution in [1.82, 2.24) is 4.90 Å². The number of nitrogens with zero attached hydrogens (tertiary/aromatic N) is 4. The second-order valence-corrected chi connectivity index (χ2v) is 3.88. The van der Waals surface area contributed by atoms with Gasteiger partial charge in [0.05, 0.1) is 6.34 Å². The van der Waals surface area contributed by atoms with Gasteiger partial charge in [-0.3, -0.25) is 4.99 Å². The van der Waals surface area contributed by atoms with E-state index in [4.69, 9.17) is 5.73 Å². The zero-order valence-corrected chi connectivity index (χ0v) is 8.68. The van der Waals surface area contributed by atoms with Gasteiger partial charge in [0, 0.05) is 6.04 Å². The van der Waals surface area contributed by atoms with E-state index in [1.807, 2.05) is 13.3 Å². The Hall–Kier alpha value is -1.39. The van der Waals surface area contributed by atoms with E-state index in [0.29, 0.717) is 11.9 Å². The summed E-state index contributed by atoms with van der Waals surface area (Å²) >= 11 is 0. The topological polar surface area (TPSA) is 66.3 Å². The average molecular weight is 193 g/mol. The van der Waals surface area contributed by atoms with Crippen molar-refractivity contribution in [3.05, 3.63) is 0 Å². The normalized spacial score (nSPS) is 30.4. The number of nitrogens with two attached hydrogens (primary N) is 1. The summed E-state index contributed by atoms with van der Waals surface area (Å²) in [6, 6.07) is 0.303. The number of hydrogen-bond donors (Lipinski definition) is 1. The first kappa shape index (κ1) is 9.18. The monoisotopic (exact) mass is 193 g/mol. The SMILES string of the molecule is CC1=NC2C(N=CN2C(C)C)C(N)=N1. The van der Waals surface area contributed by atoms with Gasteiger partial charge in [-0.2, -0.15) is 0 Å². The molecule has 2 N–H and O–H groups in total. The van der Waals surface area contributed by atoms with E-state index in [-0.39, 0.29) is 12.2 Å². The molecule has 0 spiro atoms. The van der Waals surface area contributed by atoms with Crippen LogP contribution in [-0.2, 0) is 0 Å². The first-order valence-electron chi connectivity index (χ1n) is 4.79. The van der Waals surface area contributed by atoms with E-state index in [0.717, 1.165) is 5.84 Å². The molecule has 5 heteroatoms. The molecule has 0 fully saturated rings. The summed E-state index contributed by atoms with van der Waals surface area (Å²) in [6.07, 6.45) is 1.84. The third kappa shape index (κ3) is 1.29. The first-order valence-corrected chi connectivity index (χ1v) is 4.79. The lowest BCUT2D eigenvalue weighted by atomic mass is 10.1. The van der Waals surface area contributed by atoms with E-state index >= 15 is 0 Å². The highest BCUT2D eigenvalue weighted by Gasteiger charge is 2.36. The number of rotatable bonds is 1. The maximum absolute atomic E-state index is 5.80. The fourth-order valence-corrected chi connectivity index (χ4v) is 1.74. The number of aliphatic imine (C=N–C) groups is 3. The lowest BCUT2D eigenvalue weighted by Gasteiger charge is -2.29. The van der Waals surface area contributed by atoms with Crippen molar-refractivity contribution < 1.29 is 0 Å². The Labute approximate surface area is 83.4 Å². The predicted octanol–water partition coefficient (Wildman–Crippen LogP) is 0.223. The van der Waals surface area contributed by atoms with Crippen LogP contribution in [0.5, 0.6) is 0 Å². The van der Waals surface area contributed by atoms with Crippen LogP contribution < -0.4 is 5.73 Å². The van der Waals surface area contributed by atoms with Crippen LogP contribution >= 0.6 is 0 Å². The van der Waals surface area contributed by atoms with Gasteiger partial charge in [0.25, 0.3) is 0 Å². The molecule has 0 radical (unpaired) electrons. The summed E-state index contributed by atoms with van der Waals surface area (Å²) in [4.78, 5) is 15.0. The quantitative estimate of drug-likeness (QED) is 0.647. The molecule has 0 saturated heterocycles. The maximum atomic E-state index is 5.80. The van der Waals surface area contributed by atoms with Gasteiger partial charge in [0.15, 0.2) is 6.17 Å². The highest BCUT2D eigenvalue weighted by atomic mass is 15.4. The second kappa shape index (κ2) is 3.08. The van der Waals surface area contributed by atoms with E-state index in [1.54, 1.807) is 0 Å². The van der Waals surface area contributed by atoms with E-state index < -0.39 is 0 Å². The van der Waals surface area contributed by atoms with Gasteiger partial charge in [-0.1, -0.05) is 0 Å². The minimum Gasteiger partial charge on any atom is -0.385 e. The Balaban J connectivity index is 2.28. The summed E-state index contributed by atoms with van der Waals surface area (Å²) in [5, 5.41) is 0. The minimum atomic E-state index is -0.0823. The molecule has 0 bridgehead atoms. The average Bonchev–Trinajstić information content (AvgIpc) is 2.47. The van der Waals surface area contributed by atoms with Crippen molar-refractivity contribution in [3.8, 4) is 0 Å². The van der Waals surface area contributed by atoms with Gasteiger partial charge in [0.1, 0.15) is 17.7 Å². The van der Waals surface area contributed by atoms with Crippen LogP contribution in [0.2, 0.25) is 0 Å². The molecule has 0 saturated carbocycles. The van der Waals surface area contributed by atoms with Crippen LogP contribution in [0.1, 0.15) is 20.8 Å². The van der Waals surface area contributed by atoms with Crippen molar-refractivity contribution in [2.24, 2.45) is 20.7 Å². The van der Waals surface area contributed by atoms with Gasteiger partial charge in [-0.25, -0.2) is 9.98 Å². The van der Waals surface area contributed by atoms with E-state index in [1.165, 1.54) is 0 Å². The molecule has 5 nitrogen and oxygen atoms in total. The lowest BCUT2D eigenvalue weighted by Crippen LogP contribution is -2.47. The molecule has 76 valence electrons. The fourth-order valence-electron chi connectivity index (χ4n) is 1.74. The van der Waals surface area contributed by atoms with Gasteiger partial charge in [-0.05, 0) is 20.8 Å². The Bertz CT molecular complexity index is 328. The molecule has 2 unspecified atom stereocenters. The molecule has 0 aromatic carbocycles. The van der Waals surface area contributed by atoms with Crippen LogP contribution in [0.4, 0.5) is 0 Å². The third-order valence-corrected chi connectivity index (χ3v) is 2.46. The summed E-state index contributed by atoms with van der Waals surface area (Å²) in [6.45, 7) is 6.09. The van der Waals surface area contributed by atoms with Gasteiger partial charge in [0.2, 0.25) is 0 Å². The van der Waals surface area contributed by atoms with Crippen molar-refractivity contribution in [2.75, 3.05) is 0 Å². The zero-order valence-electron chi connectivity index (χ0n) is 8.68. The molecular formula is C9H15N5. The number of amidine groups is 2. The predicted molar refractivity (Wildman–Crippen MR) is 57.8 cm³/mol. The molecule has 14 heavy (non-hydrogen) atoms. The first-order chi connectivity index (χ1) is 6.59. The molecule has 2 atom stereocenters. The van der Waals surface area contributed by atoms with Crippen LogP contribution in [0.15, 0.2) is 15.0 Å². The van der Waals surface area contributed by atoms with Crippen LogP contribution in [0.25, 0.3) is 0 Å². The van der Waals surface area contributed by atoms with Crippen molar-refractivity contribution in [2.45, 2.75) is 39.0 Å². The summed E-state index contributed by atoms with van der Waals surface area (Å²) in [5.41, 5.74) is 5.80. The summed E-state index contributed by atoms with van der Waals surface area (Å²) in [7, 11) is 0. The molecule has 2 heterocycles. The minimum absolute atomic E-state index is 0.0208. The molecular weight excluding hydrogens is 178 g/mol. The van der Waals surface area contributed by atoms with E-state index in [2.05, 4.69) is 33.7 Å². The standard InChI is InChI=1S/C9H15N5/c1-5(2)14-4-11-7-8(10)12-6(3)13-9(7)14/h4-5,7,9H,1-3H3,(H2,10,12,13). The van der Waals surface area contributed by atoms with E-state index in [9.17, 15) is 0 Å². The Kier molecular flexibility index (Phi) is 2.02. The maximum Gasteiger partial charge on any atom is 0.154 e. The number of hydrogen-bond acceptors (Lipinski definition) is 5. The van der Waals surface area contributed by atoms with Crippen LogP contribution in [0, 0.1) is 0 Å². The highest BCUT2D eigenvalue weighted by molar-refractivity contribution is 6.01. The van der Waals surface area contributed by atoms with Crippen molar-refractivity contribution in [3.63, 3.8) is 0 Å². The highest BCUT2D eigenvalue weighted by Crippen LogP contribution is 2.21. The molecule has 2 aliphatic rings. The van der Waals surface area contributed by atoms with Gasteiger partial charge >= 0.3 is 0 Å². The molecule has 0 aromatic rings. The second-order valence-electron chi connectivity index (χ2n) is 3.88. The lowest BCUT2D eigenvalue weighted by molar-refractivity contribution is 0.288. The van der Waals surface area contributed by atoms with Crippen LogP contribution in [-0.4, -0.2) is 41.2 Å². The van der Waals surface area contributed by atoms with Crippen molar-refractivity contribution in [1.29, 1.82) is 0 Å². The van der Waals surface area contributed by atoms with Gasteiger partial charge in [-0.15, -0.1) is 0 Å². The largest absolute Gasteiger partial charge is 0.385 e. The summed E-state index contributed by atoms with van der Waals surface area (Å²) < 4.78 is 0. The fraction of sp³-hybridized carbons (Fsp3) is 0.667. The molecule has 2 aliphatic heterocycles. The Morgan fingerprint density at radius 1 is 1.50 bits per heavy atom.